The average molecular weight is 558 g/mol. The highest BCUT2D eigenvalue weighted by Crippen LogP contribution is 2.27. The highest BCUT2D eigenvalue weighted by Gasteiger charge is 2.30. The SMILES string of the molecule is CC[C@H](C)NC(=O)[C@H](CC)N(Cc1ccc(Cl)cc1Cl)C(=O)COc1cc(C)c(Br)c(C)c1. The molecule has 0 radical (unpaired) electrons. The predicted octanol–water partition coefficient (Wildman–Crippen LogP) is 6.47. The third kappa shape index (κ3) is 7.62. The van der Waals surface area contributed by atoms with Gasteiger partial charge < -0.3 is 15.0 Å². The second-order valence-corrected chi connectivity index (χ2v) is 9.80. The van der Waals surface area contributed by atoms with Crippen LogP contribution >= 0.6 is 39.1 Å². The van der Waals surface area contributed by atoms with Crippen LogP contribution in [0.25, 0.3) is 0 Å². The molecule has 0 saturated carbocycles. The van der Waals surface area contributed by atoms with Crippen LogP contribution in [0.5, 0.6) is 5.75 Å². The van der Waals surface area contributed by atoms with E-state index < -0.39 is 6.04 Å². The highest BCUT2D eigenvalue weighted by molar-refractivity contribution is 9.10. The molecule has 0 heterocycles. The molecule has 5 nitrogen and oxygen atoms in total. The van der Waals surface area contributed by atoms with Gasteiger partial charge in [-0.25, -0.2) is 0 Å². The van der Waals surface area contributed by atoms with Crippen molar-refractivity contribution in [2.45, 2.75) is 66.1 Å². The molecular weight excluding hydrogens is 527 g/mol. The normalized spacial score (nSPS) is 12.7. The zero-order valence-corrected chi connectivity index (χ0v) is 22.8. The number of carbonyl (C=O) groups excluding carboxylic acids is 2. The minimum absolute atomic E-state index is 0.00703. The third-order valence-electron chi connectivity index (χ3n) is 5.52. The van der Waals surface area contributed by atoms with Crippen molar-refractivity contribution < 1.29 is 14.3 Å². The van der Waals surface area contributed by atoms with E-state index in [-0.39, 0.29) is 31.0 Å². The van der Waals surface area contributed by atoms with Crippen molar-refractivity contribution in [3.63, 3.8) is 0 Å². The molecule has 0 aliphatic carbocycles. The van der Waals surface area contributed by atoms with Gasteiger partial charge in [-0.3, -0.25) is 9.59 Å². The van der Waals surface area contributed by atoms with Crippen molar-refractivity contribution >= 4 is 50.9 Å². The molecule has 1 N–H and O–H groups in total. The lowest BCUT2D eigenvalue weighted by molar-refractivity contribution is -0.143. The second kappa shape index (κ2) is 12.6. The first-order chi connectivity index (χ1) is 15.6. The molecule has 180 valence electrons. The Morgan fingerprint density at radius 1 is 1.09 bits per heavy atom. The average Bonchev–Trinajstić information content (AvgIpc) is 2.76. The topological polar surface area (TPSA) is 58.6 Å². The Morgan fingerprint density at radius 2 is 1.73 bits per heavy atom. The molecule has 2 aromatic carbocycles. The molecule has 0 aliphatic rings. The summed E-state index contributed by atoms with van der Waals surface area (Å²) >= 11 is 15.9. The number of aryl methyl sites for hydroxylation is 2. The molecular formula is C25H31BrCl2N2O3. The Kier molecular flexibility index (Phi) is 10.5. The molecule has 0 spiro atoms. The van der Waals surface area contributed by atoms with Gasteiger partial charge in [-0.15, -0.1) is 0 Å². The first-order valence-electron chi connectivity index (χ1n) is 11.0. The van der Waals surface area contributed by atoms with E-state index >= 15 is 0 Å². The molecule has 2 aromatic rings. The quantitative estimate of drug-likeness (QED) is 0.364. The van der Waals surface area contributed by atoms with E-state index in [9.17, 15) is 9.59 Å². The van der Waals surface area contributed by atoms with Gasteiger partial charge in [0.25, 0.3) is 5.91 Å². The van der Waals surface area contributed by atoms with Gasteiger partial charge in [-0.05, 0) is 74.6 Å². The van der Waals surface area contributed by atoms with Gasteiger partial charge in [-0.2, -0.15) is 0 Å². The summed E-state index contributed by atoms with van der Waals surface area (Å²) in [7, 11) is 0. The standard InChI is InChI=1S/C25H31BrCl2N2O3/c1-6-17(5)29-25(32)22(7-2)30(13-18-8-9-19(27)12-21(18)28)23(31)14-33-20-10-15(3)24(26)16(4)11-20/h8-12,17,22H,6-7,13-14H2,1-5H3,(H,29,32)/t17-,22-/m0/s1. The van der Waals surface area contributed by atoms with E-state index in [4.69, 9.17) is 27.9 Å². The summed E-state index contributed by atoms with van der Waals surface area (Å²) in [4.78, 5) is 27.9. The van der Waals surface area contributed by atoms with Crippen LogP contribution in [-0.4, -0.2) is 35.4 Å². The van der Waals surface area contributed by atoms with E-state index in [0.29, 0.717) is 27.8 Å². The van der Waals surface area contributed by atoms with Crippen molar-refractivity contribution in [1.82, 2.24) is 10.2 Å². The zero-order valence-electron chi connectivity index (χ0n) is 19.7. The minimum atomic E-state index is -0.657. The summed E-state index contributed by atoms with van der Waals surface area (Å²) in [6, 6.07) is 8.21. The van der Waals surface area contributed by atoms with Gasteiger partial charge >= 0.3 is 0 Å². The monoisotopic (exact) mass is 556 g/mol. The summed E-state index contributed by atoms with van der Waals surface area (Å²) in [5.41, 5.74) is 2.74. The summed E-state index contributed by atoms with van der Waals surface area (Å²) in [5.74, 6) is 0.106. The van der Waals surface area contributed by atoms with E-state index in [1.165, 1.54) is 4.90 Å². The first-order valence-corrected chi connectivity index (χ1v) is 12.6. The number of amides is 2. The van der Waals surface area contributed by atoms with E-state index in [1.54, 1.807) is 18.2 Å². The molecule has 0 unspecified atom stereocenters. The third-order valence-corrected chi connectivity index (χ3v) is 7.35. The van der Waals surface area contributed by atoms with Crippen LogP contribution in [0.1, 0.15) is 50.3 Å². The molecule has 0 aromatic heterocycles. The number of ether oxygens (including phenoxy) is 1. The summed E-state index contributed by atoms with van der Waals surface area (Å²) < 4.78 is 6.84. The van der Waals surface area contributed by atoms with E-state index in [1.807, 2.05) is 46.8 Å². The number of halogens is 3. The largest absolute Gasteiger partial charge is 0.484 e. The van der Waals surface area contributed by atoms with Gasteiger partial charge in [0.1, 0.15) is 11.8 Å². The molecule has 0 bridgehead atoms. The Labute approximate surface area is 214 Å². The number of nitrogens with one attached hydrogen (secondary N) is 1. The Balaban J connectivity index is 2.29. The molecule has 8 heteroatoms. The smallest absolute Gasteiger partial charge is 0.261 e. The molecule has 0 fully saturated rings. The fraction of sp³-hybridized carbons (Fsp3) is 0.440. The van der Waals surface area contributed by atoms with Crippen LogP contribution < -0.4 is 10.1 Å². The van der Waals surface area contributed by atoms with Crippen LogP contribution in [0.15, 0.2) is 34.8 Å². The lowest BCUT2D eigenvalue weighted by Gasteiger charge is -2.31. The van der Waals surface area contributed by atoms with Crippen molar-refractivity contribution in [2.75, 3.05) is 6.61 Å². The van der Waals surface area contributed by atoms with Crippen LogP contribution in [-0.2, 0) is 16.1 Å². The Hall–Kier alpha value is -1.76. The van der Waals surface area contributed by atoms with Gasteiger partial charge in [0, 0.05) is 27.1 Å². The maximum absolute atomic E-state index is 13.3. The molecule has 0 saturated heterocycles. The van der Waals surface area contributed by atoms with E-state index in [0.717, 1.165) is 22.0 Å². The fourth-order valence-corrected chi connectivity index (χ4v) is 4.11. The van der Waals surface area contributed by atoms with E-state index in [2.05, 4.69) is 21.2 Å². The number of carbonyl (C=O) groups is 2. The van der Waals surface area contributed by atoms with Crippen LogP contribution in [0, 0.1) is 13.8 Å². The fourth-order valence-electron chi connectivity index (χ4n) is 3.41. The molecule has 33 heavy (non-hydrogen) atoms. The number of hydrogen-bond donors (Lipinski definition) is 1. The van der Waals surface area contributed by atoms with Gasteiger partial charge in [0.15, 0.2) is 6.61 Å². The number of hydrogen-bond acceptors (Lipinski definition) is 3. The molecule has 2 rings (SSSR count). The summed E-state index contributed by atoms with van der Waals surface area (Å²) in [5, 5.41) is 3.94. The van der Waals surface area contributed by atoms with Crippen LogP contribution in [0.4, 0.5) is 0 Å². The molecule has 0 aliphatic heterocycles. The molecule has 2 atom stereocenters. The highest BCUT2D eigenvalue weighted by atomic mass is 79.9. The minimum Gasteiger partial charge on any atom is -0.484 e. The Morgan fingerprint density at radius 3 is 2.27 bits per heavy atom. The lowest BCUT2D eigenvalue weighted by Crippen LogP contribution is -2.51. The van der Waals surface area contributed by atoms with Crippen LogP contribution in [0.3, 0.4) is 0 Å². The van der Waals surface area contributed by atoms with Crippen molar-refractivity contribution in [3.05, 3.63) is 61.5 Å². The van der Waals surface area contributed by atoms with Crippen molar-refractivity contribution in [2.24, 2.45) is 0 Å². The second-order valence-electron chi connectivity index (χ2n) is 8.16. The lowest BCUT2D eigenvalue weighted by atomic mass is 10.1. The zero-order chi connectivity index (χ0) is 24.7. The van der Waals surface area contributed by atoms with Gasteiger partial charge in [0.05, 0.1) is 0 Å². The maximum atomic E-state index is 13.3. The number of rotatable bonds is 10. The molecule has 2 amide bonds. The number of benzene rings is 2. The summed E-state index contributed by atoms with van der Waals surface area (Å²) in [6.07, 6.45) is 1.25. The maximum Gasteiger partial charge on any atom is 0.261 e. The number of nitrogens with zero attached hydrogens (tertiary/aromatic N) is 1. The summed E-state index contributed by atoms with van der Waals surface area (Å²) in [6.45, 7) is 9.72. The van der Waals surface area contributed by atoms with Gasteiger partial charge in [-0.1, -0.05) is 59.0 Å². The van der Waals surface area contributed by atoms with Crippen molar-refractivity contribution in [3.8, 4) is 5.75 Å². The predicted molar refractivity (Wildman–Crippen MR) is 138 cm³/mol. The Bertz CT molecular complexity index is 977. The van der Waals surface area contributed by atoms with Crippen molar-refractivity contribution in [1.29, 1.82) is 0 Å². The van der Waals surface area contributed by atoms with Gasteiger partial charge in [0.2, 0.25) is 5.91 Å². The first kappa shape index (κ1) is 27.5. The van der Waals surface area contributed by atoms with Crippen LogP contribution in [0.2, 0.25) is 10.0 Å².